The standard InChI is InChI=1S/C23H26ClF3N4O4/c1-29-8-10-30(11-9-29)15-17-3-5-18(14-19(17)23(25,26)27)28-22(32)16-4-6-21(35-12-2-7-24)20(13-16)31(33)34/h3-6,13-15,19H,2,7-12H2,1H3,(H,28,32). The van der Waals surface area contributed by atoms with Crippen LogP contribution in [0.2, 0.25) is 0 Å². The molecule has 190 valence electrons. The van der Waals surface area contributed by atoms with Gasteiger partial charge >= 0.3 is 11.9 Å². The van der Waals surface area contributed by atoms with Crippen molar-refractivity contribution in [2.45, 2.75) is 12.6 Å². The molecule has 1 aliphatic carbocycles. The minimum Gasteiger partial charge on any atom is -0.487 e. The fourth-order valence-corrected chi connectivity index (χ4v) is 3.75. The van der Waals surface area contributed by atoms with Gasteiger partial charge in [0, 0.05) is 55.6 Å². The monoisotopic (exact) mass is 514 g/mol. The molecule has 1 aromatic carbocycles. The number of allylic oxidation sites excluding steroid dienone is 4. The van der Waals surface area contributed by atoms with E-state index in [1.54, 1.807) is 0 Å². The molecule has 1 amide bonds. The summed E-state index contributed by atoms with van der Waals surface area (Å²) in [5, 5.41) is 13.8. The van der Waals surface area contributed by atoms with Crippen LogP contribution in [0.5, 0.6) is 5.75 Å². The smallest absolute Gasteiger partial charge is 0.399 e. The van der Waals surface area contributed by atoms with E-state index in [0.717, 1.165) is 25.2 Å². The van der Waals surface area contributed by atoms with Gasteiger partial charge in [-0.1, -0.05) is 6.08 Å². The largest absolute Gasteiger partial charge is 0.487 e. The maximum Gasteiger partial charge on any atom is 0.399 e. The van der Waals surface area contributed by atoms with Gasteiger partial charge in [0.15, 0.2) is 5.75 Å². The Morgan fingerprint density at radius 1 is 1.29 bits per heavy atom. The highest BCUT2D eigenvalue weighted by Crippen LogP contribution is 2.37. The Bertz CT molecular complexity index is 1030. The number of alkyl halides is 4. The quantitative estimate of drug-likeness (QED) is 0.243. The van der Waals surface area contributed by atoms with Crippen molar-refractivity contribution >= 4 is 23.2 Å². The number of carbonyl (C=O) groups excluding carboxylic acids is 1. The van der Waals surface area contributed by atoms with Crippen molar-refractivity contribution in [3.63, 3.8) is 0 Å². The van der Waals surface area contributed by atoms with E-state index in [2.05, 4.69) is 10.2 Å². The SMILES string of the molecule is CN1CCN(C=C2C=CC(NC(=O)c3ccc(OCCCCl)c([N+](=O)[O-])c3)=CC2C(F)(F)F)CC1. The molecule has 1 aliphatic heterocycles. The number of nitrogens with one attached hydrogen (secondary N) is 1. The number of benzene rings is 1. The molecule has 0 spiro atoms. The van der Waals surface area contributed by atoms with Crippen molar-refractivity contribution in [1.82, 2.24) is 15.1 Å². The number of halogens is 4. The van der Waals surface area contributed by atoms with E-state index in [0.29, 0.717) is 25.4 Å². The molecule has 35 heavy (non-hydrogen) atoms. The Hall–Kier alpha value is -3.05. The minimum absolute atomic E-state index is 0.0238. The fraction of sp³-hybridized carbons (Fsp3) is 0.435. The van der Waals surface area contributed by atoms with Crippen molar-refractivity contribution in [2.75, 3.05) is 45.7 Å². The van der Waals surface area contributed by atoms with Crippen LogP contribution in [0.15, 0.2) is 53.9 Å². The maximum absolute atomic E-state index is 13.8. The summed E-state index contributed by atoms with van der Waals surface area (Å²) < 4.78 is 46.7. The Labute approximate surface area is 205 Å². The third-order valence-electron chi connectivity index (χ3n) is 5.59. The topological polar surface area (TPSA) is 88.0 Å². The van der Waals surface area contributed by atoms with Crippen molar-refractivity contribution in [2.24, 2.45) is 5.92 Å². The summed E-state index contributed by atoms with van der Waals surface area (Å²) in [6.07, 6.45) is 1.11. The van der Waals surface area contributed by atoms with E-state index in [-0.39, 0.29) is 29.2 Å². The predicted molar refractivity (Wildman–Crippen MR) is 125 cm³/mol. The molecule has 0 bridgehead atoms. The van der Waals surface area contributed by atoms with E-state index < -0.39 is 28.6 Å². The molecular formula is C23H26ClF3N4O4. The summed E-state index contributed by atoms with van der Waals surface area (Å²) in [7, 11) is 1.96. The summed E-state index contributed by atoms with van der Waals surface area (Å²) >= 11 is 5.58. The zero-order chi connectivity index (χ0) is 25.6. The van der Waals surface area contributed by atoms with Crippen molar-refractivity contribution in [3.05, 3.63) is 69.6 Å². The average Bonchev–Trinajstić information content (AvgIpc) is 2.81. The number of nitro groups is 1. The second-order valence-electron chi connectivity index (χ2n) is 8.23. The molecule has 0 aromatic heterocycles. The molecule has 0 saturated carbocycles. The van der Waals surface area contributed by atoms with Crippen LogP contribution in [-0.2, 0) is 0 Å². The fourth-order valence-electron chi connectivity index (χ4n) is 3.64. The molecule has 1 fully saturated rings. The number of hydrogen-bond donors (Lipinski definition) is 1. The van der Waals surface area contributed by atoms with Gasteiger partial charge in [-0.15, -0.1) is 11.6 Å². The molecule has 1 heterocycles. The summed E-state index contributed by atoms with van der Waals surface area (Å²) in [5.74, 6) is -2.37. The van der Waals surface area contributed by atoms with E-state index in [1.807, 2.05) is 11.9 Å². The van der Waals surface area contributed by atoms with Crippen LogP contribution in [-0.4, -0.2) is 72.5 Å². The first-order valence-electron chi connectivity index (χ1n) is 11.0. The molecule has 1 atom stereocenters. The van der Waals surface area contributed by atoms with E-state index >= 15 is 0 Å². The van der Waals surface area contributed by atoms with Crippen LogP contribution in [0.1, 0.15) is 16.8 Å². The van der Waals surface area contributed by atoms with Crippen LogP contribution >= 0.6 is 11.6 Å². The number of hydrogen-bond acceptors (Lipinski definition) is 6. The zero-order valence-electron chi connectivity index (χ0n) is 19.1. The third kappa shape index (κ3) is 7.22. The lowest BCUT2D eigenvalue weighted by Gasteiger charge is -2.33. The number of amides is 1. The van der Waals surface area contributed by atoms with Crippen LogP contribution in [0.4, 0.5) is 18.9 Å². The second kappa shape index (κ2) is 11.6. The molecular weight excluding hydrogens is 489 g/mol. The number of carbonyl (C=O) groups is 1. The van der Waals surface area contributed by atoms with Gasteiger partial charge in [-0.25, -0.2) is 0 Å². The molecule has 0 radical (unpaired) electrons. The average molecular weight is 515 g/mol. The third-order valence-corrected chi connectivity index (χ3v) is 5.86. The van der Waals surface area contributed by atoms with Gasteiger partial charge in [0.2, 0.25) is 0 Å². The first kappa shape index (κ1) is 26.6. The molecule has 8 nitrogen and oxygen atoms in total. The van der Waals surface area contributed by atoms with E-state index in [4.69, 9.17) is 16.3 Å². The molecule has 2 aliphatic rings. The van der Waals surface area contributed by atoms with Gasteiger partial charge in [-0.3, -0.25) is 14.9 Å². The molecule has 3 rings (SSSR count). The van der Waals surface area contributed by atoms with Gasteiger partial charge in [0.1, 0.15) is 5.92 Å². The normalized spacial score (nSPS) is 20.0. The van der Waals surface area contributed by atoms with Crippen molar-refractivity contribution in [3.8, 4) is 5.75 Å². The lowest BCUT2D eigenvalue weighted by atomic mass is 9.92. The predicted octanol–water partition coefficient (Wildman–Crippen LogP) is 4.10. The summed E-state index contributed by atoms with van der Waals surface area (Å²) in [6.45, 7) is 2.91. The number of ether oxygens (including phenoxy) is 1. The zero-order valence-corrected chi connectivity index (χ0v) is 19.8. The van der Waals surface area contributed by atoms with E-state index in [9.17, 15) is 28.1 Å². The molecule has 1 saturated heterocycles. The Morgan fingerprint density at radius 2 is 2.00 bits per heavy atom. The lowest BCUT2D eigenvalue weighted by molar-refractivity contribution is -0.385. The van der Waals surface area contributed by atoms with Crippen LogP contribution in [0.3, 0.4) is 0 Å². The first-order valence-corrected chi connectivity index (χ1v) is 11.5. The number of likely N-dealkylation sites (N-methyl/N-ethyl adjacent to an activating group) is 1. The van der Waals surface area contributed by atoms with Crippen molar-refractivity contribution < 1.29 is 27.6 Å². The maximum atomic E-state index is 13.8. The summed E-state index contributed by atoms with van der Waals surface area (Å²) in [4.78, 5) is 27.3. The number of nitrogens with zero attached hydrogens (tertiary/aromatic N) is 3. The minimum atomic E-state index is -4.56. The molecule has 1 aromatic rings. The molecule has 12 heteroatoms. The van der Waals surface area contributed by atoms with Crippen LogP contribution in [0, 0.1) is 16.0 Å². The summed E-state index contributed by atoms with van der Waals surface area (Å²) in [5.41, 5.74) is -0.476. The molecule has 1 unspecified atom stereocenters. The van der Waals surface area contributed by atoms with Gasteiger partial charge in [-0.05, 0) is 43.3 Å². The van der Waals surface area contributed by atoms with Crippen molar-refractivity contribution in [1.29, 1.82) is 0 Å². The first-order chi connectivity index (χ1) is 16.6. The van der Waals surface area contributed by atoms with Crippen LogP contribution in [0.25, 0.3) is 0 Å². The highest BCUT2D eigenvalue weighted by molar-refractivity contribution is 6.17. The summed E-state index contributed by atoms with van der Waals surface area (Å²) in [6, 6.07) is 3.62. The van der Waals surface area contributed by atoms with Gasteiger partial charge < -0.3 is 19.9 Å². The highest BCUT2D eigenvalue weighted by atomic mass is 35.5. The molecule has 1 N–H and O–H groups in total. The lowest BCUT2D eigenvalue weighted by Crippen LogP contribution is -2.42. The Kier molecular flexibility index (Phi) is 8.79. The van der Waals surface area contributed by atoms with Gasteiger partial charge in [0.25, 0.3) is 5.91 Å². The number of nitro benzene ring substituents is 1. The number of rotatable bonds is 8. The van der Waals surface area contributed by atoms with Gasteiger partial charge in [-0.2, -0.15) is 13.2 Å². The number of piperazine rings is 1. The van der Waals surface area contributed by atoms with Gasteiger partial charge in [0.05, 0.1) is 11.5 Å². The Morgan fingerprint density at radius 3 is 2.63 bits per heavy atom. The second-order valence-corrected chi connectivity index (χ2v) is 8.61. The highest BCUT2D eigenvalue weighted by Gasteiger charge is 2.41. The Balaban J connectivity index is 1.76. The van der Waals surface area contributed by atoms with Crippen LogP contribution < -0.4 is 10.1 Å². The van der Waals surface area contributed by atoms with E-state index in [1.165, 1.54) is 30.5 Å².